The first-order valence-corrected chi connectivity index (χ1v) is 14.3. The topological polar surface area (TPSA) is 42.4 Å². The van der Waals surface area contributed by atoms with Gasteiger partial charge in [-0.15, -0.1) is 0 Å². The average molecular weight is 611 g/mol. The van der Waals surface area contributed by atoms with Crippen LogP contribution in [-0.2, 0) is 22.4 Å². The van der Waals surface area contributed by atoms with Crippen LogP contribution in [0.2, 0.25) is 5.02 Å². The predicted octanol–water partition coefficient (Wildman–Crippen LogP) is 6.93. The van der Waals surface area contributed by atoms with Gasteiger partial charge in [-0.2, -0.15) is 0 Å². The van der Waals surface area contributed by atoms with Crippen LogP contribution in [0.1, 0.15) is 66.8 Å². The van der Waals surface area contributed by atoms with Crippen LogP contribution in [0, 0.1) is 11.8 Å². The molecule has 7 heteroatoms. The highest BCUT2D eigenvalue weighted by Crippen LogP contribution is 2.46. The van der Waals surface area contributed by atoms with E-state index in [0.29, 0.717) is 17.9 Å². The van der Waals surface area contributed by atoms with Gasteiger partial charge in [0.25, 0.3) is 0 Å². The van der Waals surface area contributed by atoms with E-state index in [2.05, 4.69) is 48.9 Å². The zero-order chi connectivity index (χ0) is 23.8. The lowest BCUT2D eigenvalue weighted by atomic mass is 9.76. The fourth-order valence-corrected chi connectivity index (χ4v) is 7.79. The van der Waals surface area contributed by atoms with Gasteiger partial charge in [0.15, 0.2) is 0 Å². The molecule has 2 heterocycles. The molecule has 0 unspecified atom stereocenters. The van der Waals surface area contributed by atoms with Gasteiger partial charge >= 0.3 is 0 Å². The van der Waals surface area contributed by atoms with E-state index >= 15 is 0 Å². The molecule has 34 heavy (non-hydrogen) atoms. The van der Waals surface area contributed by atoms with Crippen LogP contribution in [0.15, 0.2) is 33.3 Å². The van der Waals surface area contributed by atoms with Gasteiger partial charge in [-0.05, 0) is 108 Å². The number of hydrogen-bond acceptors (Lipinski definition) is 3. The molecule has 1 aliphatic heterocycles. The highest BCUT2D eigenvalue weighted by atomic mass is 79.9. The number of aromatic nitrogens is 1. The van der Waals surface area contributed by atoms with E-state index in [1.54, 1.807) is 7.11 Å². The zero-order valence-corrected chi connectivity index (χ0v) is 23.5. The average Bonchev–Trinajstić information content (AvgIpc) is 3.00. The maximum Gasteiger partial charge on any atom is 0.225 e. The summed E-state index contributed by atoms with van der Waals surface area (Å²) in [5.74, 6) is 1.17. The van der Waals surface area contributed by atoms with Crippen molar-refractivity contribution < 1.29 is 9.53 Å². The number of likely N-dealkylation sites (tertiary alicyclic amines) is 1. The predicted molar refractivity (Wildman–Crippen MR) is 142 cm³/mol. The summed E-state index contributed by atoms with van der Waals surface area (Å²) in [4.78, 5) is 20.3. The van der Waals surface area contributed by atoms with Crippen molar-refractivity contribution in [1.82, 2.24) is 9.88 Å². The molecule has 0 N–H and O–H groups in total. The Labute approximate surface area is 224 Å². The Balaban J connectivity index is 1.38. The largest absolute Gasteiger partial charge is 0.381 e. The maximum absolute atomic E-state index is 13.3. The molecule has 182 valence electrons. The van der Waals surface area contributed by atoms with Gasteiger partial charge in [-0.1, -0.05) is 27.5 Å². The normalized spacial score (nSPS) is 25.4. The third-order valence-electron chi connectivity index (χ3n) is 8.10. The molecule has 4 nitrogen and oxygen atoms in total. The van der Waals surface area contributed by atoms with Crippen LogP contribution in [0.25, 0.3) is 0 Å². The van der Waals surface area contributed by atoms with Gasteiger partial charge in [0.1, 0.15) is 0 Å². The fourth-order valence-electron chi connectivity index (χ4n) is 6.29. The second-order valence-corrected chi connectivity index (χ2v) is 12.2. The second-order valence-electron chi connectivity index (χ2n) is 10.0. The lowest BCUT2D eigenvalue weighted by molar-refractivity contribution is -0.138. The standard InChI is InChI=1S/C27H31Br2ClN2O2/c1-34-22-6-4-17(5-7-22)27(33)32-10-8-16(9-11-32)25-24-18(13-21(30)14-23(24)29)2-3-19-12-20(28)15-31-26(19)25/h12-17,22,25H,2-11H2,1H3/t17?,22?,25-/m1/s1. The first-order valence-electron chi connectivity index (χ1n) is 12.4. The minimum atomic E-state index is 0.164. The van der Waals surface area contributed by atoms with Crippen LogP contribution < -0.4 is 0 Å². The Morgan fingerprint density at radius 2 is 1.74 bits per heavy atom. The molecule has 5 rings (SSSR count). The molecule has 1 aromatic carbocycles. The van der Waals surface area contributed by atoms with E-state index < -0.39 is 0 Å². The SMILES string of the molecule is COC1CCC(C(=O)N2CCC([C@H]3c4ncc(Br)cc4CCc4cc(Cl)cc(Br)c43)CC2)CC1. The lowest BCUT2D eigenvalue weighted by Gasteiger charge is -2.39. The van der Waals surface area contributed by atoms with Crippen molar-refractivity contribution in [3.05, 3.63) is 60.7 Å². The summed E-state index contributed by atoms with van der Waals surface area (Å²) in [5.41, 5.74) is 5.15. The Hall–Kier alpha value is -0.950. The number of hydrogen-bond donors (Lipinski definition) is 0. The van der Waals surface area contributed by atoms with Crippen LogP contribution in [0.5, 0.6) is 0 Å². The van der Waals surface area contributed by atoms with Crippen molar-refractivity contribution in [1.29, 1.82) is 0 Å². The fraction of sp³-hybridized carbons (Fsp3) is 0.556. The number of ether oxygens (including phenoxy) is 1. The number of carbonyl (C=O) groups excluding carboxylic acids is 1. The smallest absolute Gasteiger partial charge is 0.225 e. The van der Waals surface area contributed by atoms with E-state index in [1.807, 2.05) is 12.3 Å². The van der Waals surface area contributed by atoms with Crippen molar-refractivity contribution in [2.45, 2.75) is 63.4 Å². The highest BCUT2D eigenvalue weighted by Gasteiger charge is 2.37. The number of benzene rings is 1. The summed E-state index contributed by atoms with van der Waals surface area (Å²) in [7, 11) is 1.78. The number of aryl methyl sites for hydroxylation is 2. The van der Waals surface area contributed by atoms with Crippen molar-refractivity contribution >= 4 is 49.4 Å². The third-order valence-corrected chi connectivity index (χ3v) is 9.40. The lowest BCUT2D eigenvalue weighted by Crippen LogP contribution is -2.44. The molecular formula is C27H31Br2ClN2O2. The molecule has 0 bridgehead atoms. The van der Waals surface area contributed by atoms with Crippen molar-refractivity contribution in [3.8, 4) is 0 Å². The summed E-state index contributed by atoms with van der Waals surface area (Å²) < 4.78 is 7.59. The van der Waals surface area contributed by atoms with Crippen LogP contribution >= 0.6 is 43.5 Å². The maximum atomic E-state index is 13.3. The highest BCUT2D eigenvalue weighted by molar-refractivity contribution is 9.10. The summed E-state index contributed by atoms with van der Waals surface area (Å²) in [6.45, 7) is 1.66. The molecule has 0 spiro atoms. The first-order chi connectivity index (χ1) is 16.4. The Morgan fingerprint density at radius 1 is 1.03 bits per heavy atom. The van der Waals surface area contributed by atoms with Gasteiger partial charge in [0.05, 0.1) is 11.8 Å². The number of amides is 1. The summed E-state index contributed by atoms with van der Waals surface area (Å²) in [6.07, 6.45) is 10.1. The summed E-state index contributed by atoms with van der Waals surface area (Å²) in [6, 6.07) is 6.38. The minimum Gasteiger partial charge on any atom is -0.381 e. The van der Waals surface area contributed by atoms with Crippen molar-refractivity contribution in [3.63, 3.8) is 0 Å². The number of piperidine rings is 1. The Morgan fingerprint density at radius 3 is 2.44 bits per heavy atom. The number of fused-ring (bicyclic) bond motifs is 2. The monoisotopic (exact) mass is 608 g/mol. The van der Waals surface area contributed by atoms with Crippen LogP contribution in [0.3, 0.4) is 0 Å². The van der Waals surface area contributed by atoms with Gasteiger partial charge in [-0.25, -0.2) is 0 Å². The second kappa shape index (κ2) is 10.6. The third kappa shape index (κ3) is 4.98. The van der Waals surface area contributed by atoms with Crippen LogP contribution in [0.4, 0.5) is 0 Å². The first kappa shape index (κ1) is 24.7. The van der Waals surface area contributed by atoms with Gasteiger partial charge < -0.3 is 9.64 Å². The minimum absolute atomic E-state index is 0.164. The number of rotatable bonds is 3. The van der Waals surface area contributed by atoms with E-state index in [1.165, 1.54) is 22.4 Å². The molecule has 1 amide bonds. The quantitative estimate of drug-likeness (QED) is 0.379. The van der Waals surface area contributed by atoms with Gasteiger partial charge in [-0.3, -0.25) is 9.78 Å². The molecular weight excluding hydrogens is 580 g/mol. The van der Waals surface area contributed by atoms with Crippen LogP contribution in [-0.4, -0.2) is 42.1 Å². The Bertz CT molecular complexity index is 1060. The number of carbonyl (C=O) groups is 1. The number of methoxy groups -OCH3 is 1. The molecule has 1 atom stereocenters. The van der Waals surface area contributed by atoms with E-state index in [0.717, 1.165) is 78.4 Å². The number of halogens is 3. The molecule has 2 aliphatic carbocycles. The molecule has 1 aromatic heterocycles. The summed E-state index contributed by atoms with van der Waals surface area (Å²) in [5, 5.41) is 0.771. The molecule has 3 aliphatic rings. The van der Waals surface area contributed by atoms with Crippen molar-refractivity contribution in [2.75, 3.05) is 20.2 Å². The zero-order valence-electron chi connectivity index (χ0n) is 19.5. The van der Waals surface area contributed by atoms with E-state index in [9.17, 15) is 4.79 Å². The van der Waals surface area contributed by atoms with Gasteiger partial charge in [0.2, 0.25) is 5.91 Å². The molecule has 2 aromatic rings. The molecule has 2 fully saturated rings. The number of pyridine rings is 1. The van der Waals surface area contributed by atoms with Gasteiger partial charge in [0, 0.05) is 52.2 Å². The van der Waals surface area contributed by atoms with E-state index in [4.69, 9.17) is 21.3 Å². The molecule has 1 saturated heterocycles. The summed E-state index contributed by atoms with van der Waals surface area (Å²) >= 11 is 13.9. The molecule has 1 saturated carbocycles. The van der Waals surface area contributed by atoms with Crippen molar-refractivity contribution in [2.24, 2.45) is 11.8 Å². The number of nitrogens with zero attached hydrogens (tertiary/aromatic N) is 2. The molecule has 0 radical (unpaired) electrons. The Kier molecular flexibility index (Phi) is 7.69. The van der Waals surface area contributed by atoms with E-state index in [-0.39, 0.29) is 11.8 Å².